The van der Waals surface area contributed by atoms with Crippen molar-refractivity contribution in [2.75, 3.05) is 31.0 Å². The SMILES string of the molecule is CS(=O)(=O)CS(=O)(=O)N1CC(CO)C1. The van der Waals surface area contributed by atoms with Crippen LogP contribution in [0.2, 0.25) is 0 Å². The van der Waals surface area contributed by atoms with Crippen molar-refractivity contribution in [3.8, 4) is 0 Å². The molecule has 0 bridgehead atoms. The average molecular weight is 243 g/mol. The number of hydrogen-bond donors (Lipinski definition) is 1. The minimum atomic E-state index is -3.69. The van der Waals surface area contributed by atoms with E-state index in [-0.39, 0.29) is 25.6 Å². The fourth-order valence-electron chi connectivity index (χ4n) is 1.21. The molecule has 1 N–H and O–H groups in total. The molecule has 14 heavy (non-hydrogen) atoms. The molecular formula is C6H13NO5S2. The van der Waals surface area contributed by atoms with Gasteiger partial charge in [-0.05, 0) is 0 Å². The van der Waals surface area contributed by atoms with Crippen LogP contribution in [0.4, 0.5) is 0 Å². The molecule has 1 aliphatic heterocycles. The van der Waals surface area contributed by atoms with Crippen LogP contribution in [0.3, 0.4) is 0 Å². The highest BCUT2D eigenvalue weighted by atomic mass is 32.3. The normalized spacial score (nSPS) is 20.7. The number of hydrogen-bond acceptors (Lipinski definition) is 5. The summed E-state index contributed by atoms with van der Waals surface area (Å²) < 4.78 is 45.4. The lowest BCUT2D eigenvalue weighted by atomic mass is 10.1. The minimum absolute atomic E-state index is 0.0515. The first-order valence-electron chi connectivity index (χ1n) is 4.01. The van der Waals surface area contributed by atoms with Crippen LogP contribution in [-0.4, -0.2) is 57.3 Å². The Bertz CT molecular complexity index is 392. The Labute approximate surface area is 83.5 Å². The van der Waals surface area contributed by atoms with E-state index in [1.807, 2.05) is 0 Å². The molecule has 0 aromatic carbocycles. The van der Waals surface area contributed by atoms with Gasteiger partial charge in [-0.3, -0.25) is 0 Å². The van der Waals surface area contributed by atoms with Gasteiger partial charge in [0.2, 0.25) is 10.0 Å². The number of aliphatic hydroxyl groups excluding tert-OH is 1. The molecule has 1 aliphatic rings. The number of sulfone groups is 1. The molecule has 0 spiro atoms. The first kappa shape index (κ1) is 11.9. The molecule has 0 saturated carbocycles. The van der Waals surface area contributed by atoms with E-state index in [0.717, 1.165) is 10.6 Å². The molecule has 1 rings (SSSR count). The third kappa shape index (κ3) is 2.91. The molecule has 1 heterocycles. The van der Waals surface area contributed by atoms with Gasteiger partial charge in [-0.15, -0.1) is 0 Å². The molecule has 0 aliphatic carbocycles. The maximum Gasteiger partial charge on any atom is 0.228 e. The Morgan fingerprint density at radius 3 is 2.14 bits per heavy atom. The second kappa shape index (κ2) is 3.76. The summed E-state index contributed by atoms with van der Waals surface area (Å²) in [7, 11) is -7.21. The summed E-state index contributed by atoms with van der Waals surface area (Å²) in [4.78, 5) is 0. The van der Waals surface area contributed by atoms with Gasteiger partial charge in [-0.1, -0.05) is 0 Å². The minimum Gasteiger partial charge on any atom is -0.396 e. The van der Waals surface area contributed by atoms with Crippen LogP contribution in [0.15, 0.2) is 0 Å². The fraction of sp³-hybridized carbons (Fsp3) is 1.00. The lowest BCUT2D eigenvalue weighted by molar-refractivity contribution is 0.117. The van der Waals surface area contributed by atoms with Gasteiger partial charge < -0.3 is 5.11 Å². The molecule has 1 fully saturated rings. The van der Waals surface area contributed by atoms with Crippen LogP contribution in [0.5, 0.6) is 0 Å². The van der Waals surface area contributed by atoms with Crippen molar-refractivity contribution in [2.24, 2.45) is 5.92 Å². The number of nitrogens with zero attached hydrogens (tertiary/aromatic N) is 1. The maximum absolute atomic E-state index is 11.4. The molecular weight excluding hydrogens is 230 g/mol. The standard InChI is InChI=1S/C6H13NO5S2/c1-13(9,10)5-14(11,12)7-2-6(3-7)4-8/h6,8H,2-5H2,1H3. The summed E-state index contributed by atoms with van der Waals surface area (Å²) >= 11 is 0. The highest BCUT2D eigenvalue weighted by molar-refractivity contribution is 8.06. The van der Waals surface area contributed by atoms with Crippen LogP contribution < -0.4 is 0 Å². The van der Waals surface area contributed by atoms with E-state index >= 15 is 0 Å². The first-order chi connectivity index (χ1) is 6.24. The van der Waals surface area contributed by atoms with E-state index in [1.165, 1.54) is 0 Å². The summed E-state index contributed by atoms with van der Waals surface area (Å²) in [6, 6.07) is 0. The molecule has 0 aromatic heterocycles. The summed E-state index contributed by atoms with van der Waals surface area (Å²) in [5.41, 5.74) is 0. The average Bonchev–Trinajstić information content (AvgIpc) is 1.76. The van der Waals surface area contributed by atoms with E-state index < -0.39 is 24.9 Å². The summed E-state index contributed by atoms with van der Waals surface area (Å²) in [6.45, 7) is 0.369. The Hall–Kier alpha value is -0.180. The van der Waals surface area contributed by atoms with Gasteiger partial charge in [0, 0.05) is 31.9 Å². The zero-order valence-corrected chi connectivity index (χ0v) is 9.38. The molecule has 0 atom stereocenters. The van der Waals surface area contributed by atoms with E-state index in [0.29, 0.717) is 0 Å². The van der Waals surface area contributed by atoms with Gasteiger partial charge >= 0.3 is 0 Å². The van der Waals surface area contributed by atoms with Crippen molar-refractivity contribution >= 4 is 19.9 Å². The monoisotopic (exact) mass is 243 g/mol. The van der Waals surface area contributed by atoms with E-state index in [1.54, 1.807) is 0 Å². The van der Waals surface area contributed by atoms with Crippen LogP contribution >= 0.6 is 0 Å². The first-order valence-corrected chi connectivity index (χ1v) is 7.68. The number of aliphatic hydroxyl groups is 1. The van der Waals surface area contributed by atoms with Gasteiger partial charge in [0.15, 0.2) is 14.9 Å². The maximum atomic E-state index is 11.4. The Kier molecular flexibility index (Phi) is 3.20. The van der Waals surface area contributed by atoms with Gasteiger partial charge in [-0.2, -0.15) is 0 Å². The second-order valence-electron chi connectivity index (χ2n) is 3.52. The number of rotatable bonds is 4. The van der Waals surface area contributed by atoms with Crippen molar-refractivity contribution in [3.63, 3.8) is 0 Å². The van der Waals surface area contributed by atoms with Crippen molar-refractivity contribution in [2.45, 2.75) is 0 Å². The molecule has 84 valence electrons. The van der Waals surface area contributed by atoms with Crippen molar-refractivity contribution in [1.82, 2.24) is 4.31 Å². The molecule has 0 unspecified atom stereocenters. The predicted octanol–water partition coefficient (Wildman–Crippen LogP) is -1.76. The quantitative estimate of drug-likeness (QED) is 0.631. The topological polar surface area (TPSA) is 91.8 Å². The third-order valence-electron chi connectivity index (χ3n) is 1.94. The van der Waals surface area contributed by atoms with Crippen LogP contribution in [0.25, 0.3) is 0 Å². The summed E-state index contributed by atoms with van der Waals surface area (Å²) in [5, 5.41) is 7.81. The van der Waals surface area contributed by atoms with Gasteiger partial charge in [0.25, 0.3) is 0 Å². The van der Waals surface area contributed by atoms with E-state index in [9.17, 15) is 16.8 Å². The van der Waals surface area contributed by atoms with Crippen LogP contribution in [-0.2, 0) is 19.9 Å². The fourth-order valence-corrected chi connectivity index (χ4v) is 4.85. The summed E-state index contributed by atoms with van der Waals surface area (Å²) in [6.07, 6.45) is 0.883. The highest BCUT2D eigenvalue weighted by Crippen LogP contribution is 2.19. The van der Waals surface area contributed by atoms with Gasteiger partial charge in [0.05, 0.1) is 0 Å². The second-order valence-corrected chi connectivity index (χ2v) is 8.00. The molecule has 0 amide bonds. The molecule has 0 aromatic rings. The van der Waals surface area contributed by atoms with Crippen molar-refractivity contribution in [1.29, 1.82) is 0 Å². The van der Waals surface area contributed by atoms with Crippen molar-refractivity contribution in [3.05, 3.63) is 0 Å². The Balaban J connectivity index is 2.62. The zero-order chi connectivity index (χ0) is 11.0. The van der Waals surface area contributed by atoms with Gasteiger partial charge in [-0.25, -0.2) is 21.1 Å². The van der Waals surface area contributed by atoms with Crippen molar-refractivity contribution < 1.29 is 21.9 Å². The summed E-state index contributed by atoms with van der Waals surface area (Å²) in [5.74, 6) is -0.0515. The van der Waals surface area contributed by atoms with E-state index in [2.05, 4.69) is 0 Å². The molecule has 0 radical (unpaired) electrons. The number of sulfonamides is 1. The predicted molar refractivity (Wildman–Crippen MR) is 50.8 cm³/mol. The lowest BCUT2D eigenvalue weighted by Gasteiger charge is -2.36. The van der Waals surface area contributed by atoms with Crippen LogP contribution in [0.1, 0.15) is 0 Å². The Morgan fingerprint density at radius 1 is 1.29 bits per heavy atom. The Morgan fingerprint density at radius 2 is 1.79 bits per heavy atom. The molecule has 6 nitrogen and oxygen atoms in total. The smallest absolute Gasteiger partial charge is 0.228 e. The van der Waals surface area contributed by atoms with Crippen LogP contribution in [0, 0.1) is 5.92 Å². The highest BCUT2D eigenvalue weighted by Gasteiger charge is 2.36. The molecule has 8 heteroatoms. The third-order valence-corrected chi connectivity index (χ3v) is 5.93. The lowest BCUT2D eigenvalue weighted by Crippen LogP contribution is -2.52. The van der Waals surface area contributed by atoms with E-state index in [4.69, 9.17) is 5.11 Å². The van der Waals surface area contributed by atoms with Gasteiger partial charge in [0.1, 0.15) is 0 Å². The molecule has 1 saturated heterocycles. The largest absolute Gasteiger partial charge is 0.396 e. The zero-order valence-electron chi connectivity index (χ0n) is 7.75.